The summed E-state index contributed by atoms with van der Waals surface area (Å²) in [5.74, 6) is 0.00772. The quantitative estimate of drug-likeness (QED) is 0.906. The van der Waals surface area contributed by atoms with Crippen LogP contribution in [0.25, 0.3) is 0 Å². The standard InChI is InChI=1S/C12H11F3N4O/c1-7-17-10(19-18-7)11(20)16-6-8-2-4-9(5-3-8)12(13,14)15/h2-5H,6H2,1H3,(H,16,20)(H,17,18,19). The summed E-state index contributed by atoms with van der Waals surface area (Å²) in [6.45, 7) is 1.75. The molecule has 1 aromatic carbocycles. The Morgan fingerprint density at radius 2 is 1.95 bits per heavy atom. The molecule has 0 radical (unpaired) electrons. The van der Waals surface area contributed by atoms with Crippen molar-refractivity contribution in [2.75, 3.05) is 0 Å². The number of nitrogens with zero attached hydrogens (tertiary/aromatic N) is 2. The minimum absolute atomic E-state index is 0.00517. The van der Waals surface area contributed by atoms with Crippen LogP contribution in [-0.2, 0) is 12.7 Å². The van der Waals surface area contributed by atoms with Crippen molar-refractivity contribution in [3.05, 3.63) is 47.0 Å². The van der Waals surface area contributed by atoms with Crippen LogP contribution in [0.2, 0.25) is 0 Å². The largest absolute Gasteiger partial charge is 0.416 e. The molecule has 0 saturated carbocycles. The van der Waals surface area contributed by atoms with E-state index < -0.39 is 17.6 Å². The van der Waals surface area contributed by atoms with Crippen LogP contribution in [0.1, 0.15) is 27.6 Å². The maximum atomic E-state index is 12.4. The molecular formula is C12H11F3N4O. The third-order valence-electron chi connectivity index (χ3n) is 2.53. The Balaban J connectivity index is 1.96. The highest BCUT2D eigenvalue weighted by Crippen LogP contribution is 2.28. The molecule has 0 atom stereocenters. The van der Waals surface area contributed by atoms with Gasteiger partial charge in [0.1, 0.15) is 5.82 Å². The van der Waals surface area contributed by atoms with Crippen LogP contribution >= 0.6 is 0 Å². The first-order chi connectivity index (χ1) is 9.36. The van der Waals surface area contributed by atoms with Gasteiger partial charge in [0.25, 0.3) is 5.91 Å². The number of amides is 1. The molecule has 1 aromatic heterocycles. The Bertz CT molecular complexity index is 604. The van der Waals surface area contributed by atoms with Crippen molar-refractivity contribution in [3.8, 4) is 0 Å². The van der Waals surface area contributed by atoms with Crippen LogP contribution in [0.4, 0.5) is 13.2 Å². The number of aromatic amines is 1. The number of alkyl halides is 3. The summed E-state index contributed by atoms with van der Waals surface area (Å²) in [6, 6.07) is 4.57. The Morgan fingerprint density at radius 3 is 2.45 bits per heavy atom. The van der Waals surface area contributed by atoms with Crippen molar-refractivity contribution in [2.45, 2.75) is 19.6 Å². The molecule has 0 unspecified atom stereocenters. The topological polar surface area (TPSA) is 70.7 Å². The highest BCUT2D eigenvalue weighted by Gasteiger charge is 2.29. The SMILES string of the molecule is Cc1nc(C(=O)NCc2ccc(C(F)(F)F)cc2)n[nH]1. The number of rotatable bonds is 3. The van der Waals surface area contributed by atoms with Crippen molar-refractivity contribution in [1.29, 1.82) is 0 Å². The van der Waals surface area contributed by atoms with E-state index in [-0.39, 0.29) is 12.4 Å². The van der Waals surface area contributed by atoms with E-state index >= 15 is 0 Å². The van der Waals surface area contributed by atoms with Gasteiger partial charge < -0.3 is 5.32 Å². The van der Waals surface area contributed by atoms with Gasteiger partial charge in [0.2, 0.25) is 5.82 Å². The van der Waals surface area contributed by atoms with Gasteiger partial charge in [-0.1, -0.05) is 12.1 Å². The van der Waals surface area contributed by atoms with Gasteiger partial charge in [-0.3, -0.25) is 9.89 Å². The number of benzene rings is 1. The highest BCUT2D eigenvalue weighted by atomic mass is 19.4. The van der Waals surface area contributed by atoms with E-state index in [0.717, 1.165) is 12.1 Å². The van der Waals surface area contributed by atoms with Gasteiger partial charge in [0.05, 0.1) is 5.56 Å². The second kappa shape index (κ2) is 5.32. The van der Waals surface area contributed by atoms with E-state index in [1.165, 1.54) is 12.1 Å². The van der Waals surface area contributed by atoms with Gasteiger partial charge in [-0.25, -0.2) is 4.98 Å². The van der Waals surface area contributed by atoms with Crippen molar-refractivity contribution < 1.29 is 18.0 Å². The van der Waals surface area contributed by atoms with Gasteiger partial charge in [-0.15, -0.1) is 5.10 Å². The molecule has 0 saturated heterocycles. The number of aromatic nitrogens is 3. The predicted octanol–water partition coefficient (Wildman–Crippen LogP) is 2.06. The normalized spacial score (nSPS) is 11.4. The Morgan fingerprint density at radius 1 is 1.30 bits per heavy atom. The fourth-order valence-corrected chi connectivity index (χ4v) is 1.52. The monoisotopic (exact) mass is 284 g/mol. The zero-order chi connectivity index (χ0) is 14.8. The highest BCUT2D eigenvalue weighted by molar-refractivity contribution is 5.90. The molecule has 1 heterocycles. The summed E-state index contributed by atoms with van der Waals surface area (Å²) in [6.07, 6.45) is -4.36. The summed E-state index contributed by atoms with van der Waals surface area (Å²) < 4.78 is 37.1. The lowest BCUT2D eigenvalue weighted by Crippen LogP contribution is -2.24. The van der Waals surface area contributed by atoms with Crippen LogP contribution in [0, 0.1) is 6.92 Å². The van der Waals surface area contributed by atoms with E-state index in [0.29, 0.717) is 11.4 Å². The lowest BCUT2D eigenvalue weighted by Gasteiger charge is -2.07. The second-order valence-electron chi connectivity index (χ2n) is 4.12. The van der Waals surface area contributed by atoms with E-state index in [2.05, 4.69) is 20.5 Å². The molecule has 0 spiro atoms. The van der Waals surface area contributed by atoms with Crippen molar-refractivity contribution in [3.63, 3.8) is 0 Å². The number of hydrogen-bond donors (Lipinski definition) is 2. The molecule has 0 bridgehead atoms. The zero-order valence-electron chi connectivity index (χ0n) is 10.5. The van der Waals surface area contributed by atoms with Crippen molar-refractivity contribution in [1.82, 2.24) is 20.5 Å². The van der Waals surface area contributed by atoms with E-state index in [9.17, 15) is 18.0 Å². The molecule has 2 aromatic rings. The van der Waals surface area contributed by atoms with Crippen LogP contribution in [0.5, 0.6) is 0 Å². The summed E-state index contributed by atoms with van der Waals surface area (Å²) in [5, 5.41) is 8.72. The van der Waals surface area contributed by atoms with Gasteiger partial charge in [-0.2, -0.15) is 13.2 Å². The predicted molar refractivity (Wildman–Crippen MR) is 63.7 cm³/mol. The average Bonchev–Trinajstić information content (AvgIpc) is 2.82. The smallest absolute Gasteiger partial charge is 0.345 e. The Kier molecular flexibility index (Phi) is 3.73. The molecule has 20 heavy (non-hydrogen) atoms. The van der Waals surface area contributed by atoms with Crippen molar-refractivity contribution in [2.24, 2.45) is 0 Å². The fraction of sp³-hybridized carbons (Fsp3) is 0.250. The molecule has 2 rings (SSSR count). The van der Waals surface area contributed by atoms with Gasteiger partial charge in [0, 0.05) is 6.54 Å². The Labute approximate surface area is 112 Å². The van der Waals surface area contributed by atoms with E-state index in [1.807, 2.05) is 0 Å². The summed E-state index contributed by atoms with van der Waals surface area (Å²) in [4.78, 5) is 15.5. The van der Waals surface area contributed by atoms with Gasteiger partial charge >= 0.3 is 6.18 Å². The molecule has 2 N–H and O–H groups in total. The Hall–Kier alpha value is -2.38. The number of carbonyl (C=O) groups excluding carboxylic acids is 1. The van der Waals surface area contributed by atoms with Gasteiger partial charge in [-0.05, 0) is 24.6 Å². The summed E-state index contributed by atoms with van der Waals surface area (Å²) in [7, 11) is 0. The number of carbonyl (C=O) groups is 1. The molecule has 106 valence electrons. The van der Waals surface area contributed by atoms with Crippen LogP contribution in [0.15, 0.2) is 24.3 Å². The van der Waals surface area contributed by atoms with Crippen LogP contribution in [-0.4, -0.2) is 21.1 Å². The summed E-state index contributed by atoms with van der Waals surface area (Å²) in [5.41, 5.74) is -0.171. The number of H-pyrrole nitrogens is 1. The number of nitrogens with one attached hydrogen (secondary N) is 2. The molecule has 0 aliphatic carbocycles. The molecule has 0 fully saturated rings. The molecule has 0 aliphatic rings. The number of hydrogen-bond acceptors (Lipinski definition) is 3. The average molecular weight is 284 g/mol. The first-order valence-electron chi connectivity index (χ1n) is 5.69. The maximum absolute atomic E-state index is 12.4. The summed E-state index contributed by atoms with van der Waals surface area (Å²) >= 11 is 0. The third kappa shape index (κ3) is 3.34. The maximum Gasteiger partial charge on any atom is 0.416 e. The zero-order valence-corrected chi connectivity index (χ0v) is 10.5. The van der Waals surface area contributed by atoms with Crippen LogP contribution in [0.3, 0.4) is 0 Å². The lowest BCUT2D eigenvalue weighted by atomic mass is 10.1. The number of halogens is 3. The molecule has 1 amide bonds. The first-order valence-corrected chi connectivity index (χ1v) is 5.69. The molecule has 8 heteroatoms. The molecule has 5 nitrogen and oxygen atoms in total. The van der Waals surface area contributed by atoms with Crippen molar-refractivity contribution >= 4 is 5.91 Å². The second-order valence-corrected chi connectivity index (χ2v) is 4.12. The minimum Gasteiger partial charge on any atom is -0.345 e. The fourth-order valence-electron chi connectivity index (χ4n) is 1.52. The van der Waals surface area contributed by atoms with Crippen LogP contribution < -0.4 is 5.32 Å². The van der Waals surface area contributed by atoms with Gasteiger partial charge in [0.15, 0.2) is 0 Å². The lowest BCUT2D eigenvalue weighted by molar-refractivity contribution is -0.137. The minimum atomic E-state index is -4.36. The van der Waals surface area contributed by atoms with E-state index in [4.69, 9.17) is 0 Å². The van der Waals surface area contributed by atoms with E-state index in [1.54, 1.807) is 6.92 Å². The molecular weight excluding hydrogens is 273 g/mol. The third-order valence-corrected chi connectivity index (χ3v) is 2.53. The molecule has 0 aliphatic heterocycles. The number of aryl methyl sites for hydroxylation is 1. The first kappa shape index (κ1) is 14.0.